The molecule has 0 aliphatic carbocycles. The average molecular weight is 678 g/mol. The molecule has 0 heterocycles. The van der Waals surface area contributed by atoms with Crippen molar-refractivity contribution >= 4 is 50.9 Å². The van der Waals surface area contributed by atoms with Gasteiger partial charge in [0.1, 0.15) is 12.6 Å². The highest BCUT2D eigenvalue weighted by molar-refractivity contribution is 7.98. The highest BCUT2D eigenvalue weighted by atomic mass is 35.5. The minimum absolute atomic E-state index is 0.0518. The SMILES string of the molecule is CSc1ccc(S(=O)(=O)N(CC(=O)N(Cc2cccc(Cl)c2)[C@H](Cc2ccccc2)C(=O)NCC(C)C)c2ccc(C)cc2)cc1. The summed E-state index contributed by atoms with van der Waals surface area (Å²) in [7, 11) is -4.17. The molecule has 0 fully saturated rings. The summed E-state index contributed by atoms with van der Waals surface area (Å²) >= 11 is 7.83. The fourth-order valence-electron chi connectivity index (χ4n) is 4.92. The molecule has 0 saturated carbocycles. The Morgan fingerprint density at radius 1 is 0.870 bits per heavy atom. The quantitative estimate of drug-likeness (QED) is 0.146. The minimum Gasteiger partial charge on any atom is -0.354 e. The molecule has 0 saturated heterocycles. The van der Waals surface area contributed by atoms with E-state index in [4.69, 9.17) is 11.6 Å². The van der Waals surface area contributed by atoms with E-state index in [0.717, 1.165) is 20.3 Å². The minimum atomic E-state index is -4.17. The van der Waals surface area contributed by atoms with E-state index in [-0.39, 0.29) is 29.7 Å². The van der Waals surface area contributed by atoms with Gasteiger partial charge >= 0.3 is 0 Å². The van der Waals surface area contributed by atoms with Crippen LogP contribution in [0.4, 0.5) is 5.69 Å². The van der Waals surface area contributed by atoms with Crippen LogP contribution >= 0.6 is 23.4 Å². The number of carbonyl (C=O) groups is 2. The van der Waals surface area contributed by atoms with Gasteiger partial charge in [0.2, 0.25) is 11.8 Å². The topological polar surface area (TPSA) is 86.8 Å². The van der Waals surface area contributed by atoms with Gasteiger partial charge in [-0.05, 0) is 78.8 Å². The molecule has 10 heteroatoms. The second-order valence-corrected chi connectivity index (χ2v) is 14.7. The summed E-state index contributed by atoms with van der Waals surface area (Å²) in [6.07, 6.45) is 2.16. The number of halogens is 1. The molecule has 242 valence electrons. The fourth-order valence-corrected chi connectivity index (χ4v) is 6.96. The first kappa shape index (κ1) is 35.1. The van der Waals surface area contributed by atoms with Crippen LogP contribution in [-0.4, -0.2) is 50.5 Å². The van der Waals surface area contributed by atoms with Crippen LogP contribution in [0.3, 0.4) is 0 Å². The van der Waals surface area contributed by atoms with Crippen LogP contribution in [0.2, 0.25) is 5.02 Å². The summed E-state index contributed by atoms with van der Waals surface area (Å²) < 4.78 is 29.5. The van der Waals surface area contributed by atoms with E-state index in [2.05, 4.69) is 5.32 Å². The lowest BCUT2D eigenvalue weighted by molar-refractivity contribution is -0.140. The van der Waals surface area contributed by atoms with Crippen LogP contribution < -0.4 is 9.62 Å². The van der Waals surface area contributed by atoms with Crippen molar-refractivity contribution in [2.24, 2.45) is 5.92 Å². The predicted molar refractivity (Wildman–Crippen MR) is 188 cm³/mol. The van der Waals surface area contributed by atoms with Crippen molar-refractivity contribution < 1.29 is 18.0 Å². The third-order valence-electron chi connectivity index (χ3n) is 7.45. The number of sulfonamides is 1. The van der Waals surface area contributed by atoms with E-state index in [0.29, 0.717) is 22.8 Å². The first-order chi connectivity index (χ1) is 22.0. The molecule has 46 heavy (non-hydrogen) atoms. The average Bonchev–Trinajstić information content (AvgIpc) is 3.05. The maximum atomic E-state index is 14.5. The zero-order valence-electron chi connectivity index (χ0n) is 26.5. The molecule has 0 radical (unpaired) electrons. The van der Waals surface area contributed by atoms with Gasteiger partial charge in [-0.1, -0.05) is 85.6 Å². The summed E-state index contributed by atoms with van der Waals surface area (Å²) in [4.78, 5) is 30.9. The predicted octanol–water partition coefficient (Wildman–Crippen LogP) is 6.98. The molecule has 2 amide bonds. The molecule has 1 N–H and O–H groups in total. The van der Waals surface area contributed by atoms with Gasteiger partial charge in [-0.15, -0.1) is 11.8 Å². The summed E-state index contributed by atoms with van der Waals surface area (Å²) in [6.45, 7) is 5.87. The smallest absolute Gasteiger partial charge is 0.264 e. The first-order valence-corrected chi connectivity index (χ1v) is 18.1. The molecule has 0 aromatic heterocycles. The molecule has 0 bridgehead atoms. The number of amides is 2. The number of nitrogens with zero attached hydrogens (tertiary/aromatic N) is 2. The van der Waals surface area contributed by atoms with Crippen molar-refractivity contribution in [3.63, 3.8) is 0 Å². The molecule has 0 unspecified atom stereocenters. The molecule has 0 aliphatic heterocycles. The van der Waals surface area contributed by atoms with Gasteiger partial charge in [-0.3, -0.25) is 13.9 Å². The third-order valence-corrected chi connectivity index (χ3v) is 10.2. The monoisotopic (exact) mass is 677 g/mol. The lowest BCUT2D eigenvalue weighted by atomic mass is 10.0. The number of hydrogen-bond donors (Lipinski definition) is 1. The second-order valence-electron chi connectivity index (χ2n) is 11.5. The van der Waals surface area contributed by atoms with Crippen LogP contribution in [0.15, 0.2) is 113 Å². The number of thioether (sulfide) groups is 1. The molecule has 4 rings (SSSR count). The number of nitrogens with one attached hydrogen (secondary N) is 1. The standard InChI is InChI=1S/C36H40ClN3O4S2/c1-26(2)23-38-36(42)34(22-28-9-6-5-7-10-28)39(24-29-11-8-12-30(37)21-29)35(41)25-40(31-15-13-27(3)14-16-31)46(43,44)33-19-17-32(45-4)18-20-33/h5-21,26,34H,22-25H2,1-4H3,(H,38,42)/t34-/m1/s1. The van der Waals surface area contributed by atoms with Crippen LogP contribution in [-0.2, 0) is 32.6 Å². The first-order valence-electron chi connectivity index (χ1n) is 15.1. The highest BCUT2D eigenvalue weighted by Crippen LogP contribution is 2.27. The summed E-state index contributed by atoms with van der Waals surface area (Å²) in [5.74, 6) is -0.645. The van der Waals surface area contributed by atoms with Gasteiger partial charge in [0, 0.05) is 29.4 Å². The Kier molecular flexibility index (Phi) is 12.3. The molecule has 0 spiro atoms. The van der Waals surface area contributed by atoms with Crippen molar-refractivity contribution in [2.45, 2.75) is 49.6 Å². The van der Waals surface area contributed by atoms with Gasteiger partial charge in [0.25, 0.3) is 10.0 Å². The molecular formula is C36H40ClN3O4S2. The molecule has 0 aliphatic rings. The van der Waals surface area contributed by atoms with E-state index in [1.165, 1.54) is 16.7 Å². The normalized spacial score (nSPS) is 12.0. The Hall–Kier alpha value is -3.79. The van der Waals surface area contributed by atoms with Crippen LogP contribution in [0.25, 0.3) is 0 Å². The van der Waals surface area contributed by atoms with Gasteiger partial charge in [-0.2, -0.15) is 0 Å². The Bertz CT molecular complexity index is 1710. The Morgan fingerprint density at radius 3 is 2.13 bits per heavy atom. The zero-order chi connectivity index (χ0) is 33.3. The van der Waals surface area contributed by atoms with E-state index in [1.807, 2.05) is 63.4 Å². The van der Waals surface area contributed by atoms with E-state index < -0.39 is 28.5 Å². The van der Waals surface area contributed by atoms with E-state index in [1.54, 1.807) is 66.7 Å². The third kappa shape index (κ3) is 9.37. The summed E-state index contributed by atoms with van der Waals surface area (Å²) in [5, 5.41) is 3.49. The Morgan fingerprint density at radius 2 is 1.52 bits per heavy atom. The maximum absolute atomic E-state index is 14.5. The fraction of sp³-hybridized carbons (Fsp3) is 0.278. The Labute approximate surface area is 282 Å². The van der Waals surface area contributed by atoms with Gasteiger partial charge in [-0.25, -0.2) is 8.42 Å². The van der Waals surface area contributed by atoms with Gasteiger partial charge in [0.05, 0.1) is 10.6 Å². The lowest BCUT2D eigenvalue weighted by Gasteiger charge is -2.34. The molecular weight excluding hydrogens is 638 g/mol. The molecule has 7 nitrogen and oxygen atoms in total. The van der Waals surface area contributed by atoms with Gasteiger partial charge in [0.15, 0.2) is 0 Å². The summed E-state index contributed by atoms with van der Waals surface area (Å²) in [5.41, 5.74) is 2.88. The number of aryl methyl sites for hydroxylation is 1. The maximum Gasteiger partial charge on any atom is 0.264 e. The number of benzene rings is 4. The number of carbonyl (C=O) groups excluding carboxylic acids is 2. The van der Waals surface area contributed by atoms with Crippen LogP contribution in [0.1, 0.15) is 30.5 Å². The van der Waals surface area contributed by atoms with Crippen molar-refractivity contribution in [3.8, 4) is 0 Å². The second kappa shape index (κ2) is 16.2. The van der Waals surface area contributed by atoms with Crippen molar-refractivity contribution in [3.05, 3.63) is 125 Å². The lowest BCUT2D eigenvalue weighted by Crippen LogP contribution is -2.53. The number of rotatable bonds is 14. The Balaban J connectivity index is 1.79. The van der Waals surface area contributed by atoms with Crippen LogP contribution in [0, 0.1) is 12.8 Å². The largest absolute Gasteiger partial charge is 0.354 e. The highest BCUT2D eigenvalue weighted by Gasteiger charge is 2.34. The molecule has 4 aromatic carbocycles. The van der Waals surface area contributed by atoms with Crippen molar-refractivity contribution in [2.75, 3.05) is 23.7 Å². The van der Waals surface area contributed by atoms with Crippen LogP contribution in [0.5, 0.6) is 0 Å². The molecule has 1 atom stereocenters. The van der Waals surface area contributed by atoms with Crippen molar-refractivity contribution in [1.29, 1.82) is 0 Å². The number of anilines is 1. The van der Waals surface area contributed by atoms with E-state index in [9.17, 15) is 18.0 Å². The van der Waals surface area contributed by atoms with Crippen molar-refractivity contribution in [1.82, 2.24) is 10.2 Å². The number of hydrogen-bond acceptors (Lipinski definition) is 5. The summed E-state index contributed by atoms with van der Waals surface area (Å²) in [6, 6.07) is 29.2. The van der Waals surface area contributed by atoms with E-state index >= 15 is 0 Å². The van der Waals surface area contributed by atoms with Gasteiger partial charge < -0.3 is 10.2 Å². The zero-order valence-corrected chi connectivity index (χ0v) is 28.9. The molecule has 4 aromatic rings.